The van der Waals surface area contributed by atoms with E-state index in [4.69, 9.17) is 0 Å². The van der Waals surface area contributed by atoms with Crippen LogP contribution in [0.3, 0.4) is 0 Å². The lowest BCUT2D eigenvalue weighted by Crippen LogP contribution is -1.97. The predicted octanol–water partition coefficient (Wildman–Crippen LogP) is 3.54. The van der Waals surface area contributed by atoms with Crippen molar-refractivity contribution in [3.63, 3.8) is 0 Å². The Labute approximate surface area is 129 Å². The van der Waals surface area contributed by atoms with Gasteiger partial charge in [0.25, 0.3) is 0 Å². The van der Waals surface area contributed by atoms with E-state index in [1.807, 2.05) is 0 Å². The van der Waals surface area contributed by atoms with Crippen LogP contribution in [0.5, 0.6) is 0 Å². The number of H-pyrrole nitrogens is 1. The quantitative estimate of drug-likeness (QED) is 0.752. The van der Waals surface area contributed by atoms with E-state index in [0.717, 1.165) is 6.26 Å². The molecule has 0 aliphatic carbocycles. The predicted molar refractivity (Wildman–Crippen MR) is 82.3 cm³/mol. The molecule has 3 aromatic rings. The minimum absolute atomic E-state index is 0.153. The van der Waals surface area contributed by atoms with Crippen LogP contribution < -0.4 is 0 Å². The highest BCUT2D eigenvalue weighted by Gasteiger charge is 2.16. The van der Waals surface area contributed by atoms with Gasteiger partial charge in [-0.25, -0.2) is 17.8 Å². The number of aromatic nitrogens is 2. The lowest BCUT2D eigenvalue weighted by atomic mass is 10.2. The van der Waals surface area contributed by atoms with Crippen LogP contribution in [0, 0.1) is 5.82 Å². The van der Waals surface area contributed by atoms with Gasteiger partial charge in [0.15, 0.2) is 9.84 Å². The maximum absolute atomic E-state index is 13.6. The molecule has 0 aliphatic heterocycles. The maximum Gasteiger partial charge on any atom is 0.177 e. The Morgan fingerprint density at radius 2 is 2.00 bits per heavy atom. The van der Waals surface area contributed by atoms with Gasteiger partial charge in [-0.3, -0.25) is 0 Å². The van der Waals surface area contributed by atoms with Gasteiger partial charge in [-0.2, -0.15) is 0 Å². The van der Waals surface area contributed by atoms with Gasteiger partial charge >= 0.3 is 0 Å². The average Bonchev–Trinajstić information content (AvgIpc) is 2.84. The summed E-state index contributed by atoms with van der Waals surface area (Å²) in [6.07, 6.45) is 1.13. The van der Waals surface area contributed by atoms with Gasteiger partial charge in [-0.1, -0.05) is 6.07 Å². The van der Waals surface area contributed by atoms with Crippen molar-refractivity contribution in [1.29, 1.82) is 0 Å². The molecule has 0 spiro atoms. The summed E-state index contributed by atoms with van der Waals surface area (Å²) in [5, 5.41) is 0. The van der Waals surface area contributed by atoms with E-state index in [9.17, 15) is 12.8 Å². The molecule has 0 unspecified atom stereocenters. The monoisotopic (exact) mass is 368 g/mol. The second-order valence-electron chi connectivity index (χ2n) is 4.64. The third-order valence-electron chi connectivity index (χ3n) is 3.07. The average molecular weight is 369 g/mol. The lowest BCUT2D eigenvalue weighted by Gasteiger charge is -1.98. The molecule has 1 N–H and O–H groups in total. The van der Waals surface area contributed by atoms with E-state index < -0.39 is 15.7 Å². The fraction of sp³-hybridized carbons (Fsp3) is 0.0714. The number of hydrogen-bond acceptors (Lipinski definition) is 3. The number of aromatic amines is 1. The summed E-state index contributed by atoms with van der Waals surface area (Å²) < 4.78 is 37.5. The smallest absolute Gasteiger partial charge is 0.177 e. The number of rotatable bonds is 2. The first-order valence-electron chi connectivity index (χ1n) is 6.00. The minimum atomic E-state index is -3.38. The largest absolute Gasteiger partial charge is 0.338 e. The van der Waals surface area contributed by atoms with Crippen molar-refractivity contribution in [1.82, 2.24) is 9.97 Å². The molecule has 0 bridgehead atoms. The number of hydrogen-bond donors (Lipinski definition) is 1. The number of para-hydroxylation sites is 1. The highest BCUT2D eigenvalue weighted by Crippen LogP contribution is 2.27. The van der Waals surface area contributed by atoms with Crippen LogP contribution in [0.25, 0.3) is 22.4 Å². The molecular weight excluding hydrogens is 359 g/mol. The van der Waals surface area contributed by atoms with Crippen molar-refractivity contribution in [2.24, 2.45) is 0 Å². The second kappa shape index (κ2) is 4.92. The first-order valence-corrected chi connectivity index (χ1v) is 8.69. The highest BCUT2D eigenvalue weighted by molar-refractivity contribution is 9.10. The Bertz CT molecular complexity index is 951. The number of sulfone groups is 1. The summed E-state index contributed by atoms with van der Waals surface area (Å²) in [7, 11) is -3.38. The molecular formula is C14H10BrFN2O2S. The molecule has 0 amide bonds. The summed E-state index contributed by atoms with van der Waals surface area (Å²) in [5.41, 5.74) is 1.50. The Morgan fingerprint density at radius 1 is 1.24 bits per heavy atom. The van der Waals surface area contributed by atoms with Gasteiger partial charge in [-0.05, 0) is 46.3 Å². The molecule has 0 saturated carbocycles. The van der Waals surface area contributed by atoms with E-state index in [-0.39, 0.29) is 4.90 Å². The SMILES string of the molecule is CS(=O)(=O)c1cccc2[nH]c(-c3ccc(Br)c(F)c3)nc12. The molecule has 0 radical (unpaired) electrons. The molecule has 1 aromatic heterocycles. The minimum Gasteiger partial charge on any atom is -0.338 e. The highest BCUT2D eigenvalue weighted by atomic mass is 79.9. The molecule has 3 rings (SSSR count). The van der Waals surface area contributed by atoms with E-state index in [1.165, 1.54) is 12.1 Å². The number of benzene rings is 2. The van der Waals surface area contributed by atoms with E-state index in [2.05, 4.69) is 25.9 Å². The molecule has 0 fully saturated rings. The van der Waals surface area contributed by atoms with Crippen LogP contribution in [-0.4, -0.2) is 24.6 Å². The van der Waals surface area contributed by atoms with Gasteiger partial charge in [0.2, 0.25) is 0 Å². The van der Waals surface area contributed by atoms with Gasteiger partial charge in [0.05, 0.1) is 14.9 Å². The molecule has 4 nitrogen and oxygen atoms in total. The van der Waals surface area contributed by atoms with Crippen LogP contribution in [0.4, 0.5) is 4.39 Å². The number of fused-ring (bicyclic) bond motifs is 1. The molecule has 0 saturated heterocycles. The standard InChI is InChI=1S/C14H10BrFN2O2S/c1-21(19,20)12-4-2-3-11-13(12)18-14(17-11)8-5-6-9(15)10(16)7-8/h2-7H,1H3,(H,17,18). The fourth-order valence-electron chi connectivity index (χ4n) is 2.09. The Hall–Kier alpha value is -1.73. The van der Waals surface area contributed by atoms with Crippen molar-refractivity contribution in [3.8, 4) is 11.4 Å². The topological polar surface area (TPSA) is 62.8 Å². The maximum atomic E-state index is 13.6. The van der Waals surface area contributed by atoms with E-state index in [0.29, 0.717) is 26.9 Å². The van der Waals surface area contributed by atoms with Gasteiger partial charge in [0.1, 0.15) is 17.2 Å². The van der Waals surface area contributed by atoms with Crippen LogP contribution in [0.15, 0.2) is 45.8 Å². The number of halogens is 2. The third kappa shape index (κ3) is 2.58. The van der Waals surface area contributed by atoms with Crippen molar-refractivity contribution < 1.29 is 12.8 Å². The Balaban J connectivity index is 2.24. The molecule has 2 aromatic carbocycles. The van der Waals surface area contributed by atoms with E-state index in [1.54, 1.807) is 24.3 Å². The van der Waals surface area contributed by atoms with Gasteiger partial charge in [-0.15, -0.1) is 0 Å². The Kier molecular flexibility index (Phi) is 3.33. The second-order valence-corrected chi connectivity index (χ2v) is 7.48. The zero-order valence-corrected chi connectivity index (χ0v) is 13.3. The van der Waals surface area contributed by atoms with Crippen LogP contribution in [0.2, 0.25) is 0 Å². The number of nitrogens with zero attached hydrogens (tertiary/aromatic N) is 1. The molecule has 21 heavy (non-hydrogen) atoms. The Morgan fingerprint density at radius 3 is 2.67 bits per heavy atom. The molecule has 0 atom stereocenters. The van der Waals surface area contributed by atoms with Crippen molar-refractivity contribution >= 4 is 36.8 Å². The summed E-state index contributed by atoms with van der Waals surface area (Å²) >= 11 is 3.09. The molecule has 0 aliphatic rings. The van der Waals surface area contributed by atoms with Crippen molar-refractivity contribution in [2.45, 2.75) is 4.90 Å². The van der Waals surface area contributed by atoms with Crippen LogP contribution >= 0.6 is 15.9 Å². The van der Waals surface area contributed by atoms with Crippen molar-refractivity contribution in [3.05, 3.63) is 46.7 Å². The summed E-state index contributed by atoms with van der Waals surface area (Å²) in [6.45, 7) is 0. The van der Waals surface area contributed by atoms with Gasteiger partial charge < -0.3 is 4.98 Å². The normalized spacial score (nSPS) is 12.0. The third-order valence-corrected chi connectivity index (χ3v) is 4.84. The van der Waals surface area contributed by atoms with Crippen LogP contribution in [-0.2, 0) is 9.84 Å². The first kappa shape index (κ1) is 14.2. The zero-order valence-electron chi connectivity index (χ0n) is 10.9. The molecule has 108 valence electrons. The number of nitrogens with one attached hydrogen (secondary N) is 1. The van der Waals surface area contributed by atoms with Crippen molar-refractivity contribution in [2.75, 3.05) is 6.26 Å². The summed E-state index contributed by atoms with van der Waals surface area (Å²) in [4.78, 5) is 7.47. The number of imidazole rings is 1. The zero-order chi connectivity index (χ0) is 15.2. The molecule has 1 heterocycles. The summed E-state index contributed by atoms with van der Waals surface area (Å²) in [5.74, 6) is 0.0174. The lowest BCUT2D eigenvalue weighted by molar-refractivity contribution is 0.602. The van der Waals surface area contributed by atoms with E-state index >= 15 is 0 Å². The summed E-state index contributed by atoms with van der Waals surface area (Å²) in [6, 6.07) is 9.49. The van der Waals surface area contributed by atoms with Crippen LogP contribution in [0.1, 0.15) is 0 Å². The van der Waals surface area contributed by atoms with Gasteiger partial charge in [0, 0.05) is 11.8 Å². The first-order chi connectivity index (χ1) is 9.86. The fourth-order valence-corrected chi connectivity index (χ4v) is 3.16. The molecule has 7 heteroatoms.